The van der Waals surface area contributed by atoms with Crippen LogP contribution in [-0.2, 0) is 4.79 Å². The molecule has 2 aromatic heterocycles. The number of rotatable bonds is 3. The van der Waals surface area contributed by atoms with E-state index in [0.29, 0.717) is 34.4 Å². The number of aromatic nitrogens is 3. The fourth-order valence-corrected chi connectivity index (χ4v) is 3.03. The summed E-state index contributed by atoms with van der Waals surface area (Å²) in [5.74, 6) is -0.132. The summed E-state index contributed by atoms with van der Waals surface area (Å²) < 4.78 is 1.46. The van der Waals surface area contributed by atoms with Crippen LogP contribution in [0.3, 0.4) is 0 Å². The molecule has 1 saturated carbocycles. The molecule has 1 fully saturated rings. The Kier molecular flexibility index (Phi) is 4.33. The minimum Gasteiger partial charge on any atom is -0.392 e. The van der Waals surface area contributed by atoms with Gasteiger partial charge in [0.15, 0.2) is 5.82 Å². The van der Waals surface area contributed by atoms with Gasteiger partial charge in [-0.15, -0.1) is 0 Å². The molecule has 8 heteroatoms. The van der Waals surface area contributed by atoms with Crippen molar-refractivity contribution in [3.63, 3.8) is 0 Å². The normalized spacial score (nSPS) is 21.0. The van der Waals surface area contributed by atoms with Crippen molar-refractivity contribution in [1.29, 1.82) is 0 Å². The highest BCUT2D eigenvalue weighted by Gasteiger charge is 2.31. The summed E-state index contributed by atoms with van der Waals surface area (Å²) in [6, 6.07) is 1.57. The minimum atomic E-state index is -0.567. The van der Waals surface area contributed by atoms with Crippen LogP contribution in [0.25, 0.3) is 5.82 Å². The third kappa shape index (κ3) is 3.09. The second-order valence-corrected chi connectivity index (χ2v) is 6.07. The molecule has 0 aliphatic heterocycles. The zero-order valence-corrected chi connectivity index (χ0v) is 13.1. The van der Waals surface area contributed by atoms with Gasteiger partial charge in [-0.3, -0.25) is 4.79 Å². The van der Waals surface area contributed by atoms with Crippen molar-refractivity contribution in [3.05, 3.63) is 34.7 Å². The molecule has 0 bridgehead atoms. The van der Waals surface area contributed by atoms with Crippen LogP contribution in [0.15, 0.2) is 24.7 Å². The van der Waals surface area contributed by atoms with E-state index < -0.39 is 6.10 Å². The number of aliphatic hydroxyl groups excluding tert-OH is 1. The Labute approximate surface area is 137 Å². The first kappa shape index (κ1) is 15.3. The van der Waals surface area contributed by atoms with Gasteiger partial charge in [0, 0.05) is 6.20 Å². The predicted molar refractivity (Wildman–Crippen MR) is 83.4 cm³/mol. The van der Waals surface area contributed by atoms with E-state index in [-0.39, 0.29) is 11.8 Å². The van der Waals surface area contributed by atoms with Crippen molar-refractivity contribution in [2.45, 2.75) is 25.4 Å². The van der Waals surface area contributed by atoms with E-state index in [9.17, 15) is 9.90 Å². The molecule has 116 valence electrons. The maximum Gasteiger partial charge on any atom is 0.230 e. The molecule has 2 atom stereocenters. The molecule has 6 nitrogen and oxygen atoms in total. The average molecular weight is 341 g/mol. The van der Waals surface area contributed by atoms with Crippen molar-refractivity contribution in [3.8, 4) is 5.82 Å². The van der Waals surface area contributed by atoms with Crippen molar-refractivity contribution < 1.29 is 9.90 Å². The number of pyridine rings is 1. The number of carbonyl (C=O) groups is 1. The number of nitrogens with one attached hydrogen (secondary N) is 1. The van der Waals surface area contributed by atoms with Gasteiger partial charge >= 0.3 is 0 Å². The maximum atomic E-state index is 12.1. The van der Waals surface area contributed by atoms with Crippen LogP contribution < -0.4 is 5.32 Å². The highest BCUT2D eigenvalue weighted by atomic mass is 35.5. The molecule has 1 aliphatic rings. The molecular weight excluding hydrogens is 327 g/mol. The SMILES string of the molecule is O=C(Nc1cnn(-c2ncc(Cl)cc2Cl)c1)C1CCCC1O. The summed E-state index contributed by atoms with van der Waals surface area (Å²) in [6.45, 7) is 0. The first-order valence-electron chi connectivity index (χ1n) is 6.89. The van der Waals surface area contributed by atoms with Crippen molar-refractivity contribution in [2.75, 3.05) is 5.32 Å². The Morgan fingerprint density at radius 1 is 1.36 bits per heavy atom. The molecule has 3 rings (SSSR count). The Balaban J connectivity index is 1.75. The first-order valence-corrected chi connectivity index (χ1v) is 7.65. The third-order valence-corrected chi connectivity index (χ3v) is 4.16. The summed E-state index contributed by atoms with van der Waals surface area (Å²) in [6.07, 6.45) is 6.25. The molecule has 2 heterocycles. The van der Waals surface area contributed by atoms with Gasteiger partial charge in [-0.1, -0.05) is 23.2 Å². The van der Waals surface area contributed by atoms with Crippen LogP contribution in [0, 0.1) is 5.92 Å². The van der Waals surface area contributed by atoms with Crippen LogP contribution in [0.1, 0.15) is 19.3 Å². The lowest BCUT2D eigenvalue weighted by atomic mass is 10.1. The number of amides is 1. The van der Waals surface area contributed by atoms with Crippen molar-refractivity contribution in [2.24, 2.45) is 5.92 Å². The maximum absolute atomic E-state index is 12.1. The molecule has 0 aromatic carbocycles. The number of hydrogen-bond donors (Lipinski definition) is 2. The van der Waals surface area contributed by atoms with E-state index in [1.807, 2.05) is 0 Å². The third-order valence-electron chi connectivity index (χ3n) is 3.67. The molecule has 2 aromatic rings. The molecule has 2 N–H and O–H groups in total. The van der Waals surface area contributed by atoms with E-state index in [4.69, 9.17) is 23.2 Å². The lowest BCUT2D eigenvalue weighted by Crippen LogP contribution is -2.28. The number of nitrogens with zero attached hydrogens (tertiary/aromatic N) is 3. The van der Waals surface area contributed by atoms with Gasteiger partial charge in [0.2, 0.25) is 5.91 Å². The monoisotopic (exact) mass is 340 g/mol. The molecule has 22 heavy (non-hydrogen) atoms. The molecule has 1 aliphatic carbocycles. The second kappa shape index (κ2) is 6.24. The van der Waals surface area contributed by atoms with Crippen LogP contribution in [0.2, 0.25) is 10.0 Å². The van der Waals surface area contributed by atoms with Gasteiger partial charge in [0.25, 0.3) is 0 Å². The van der Waals surface area contributed by atoms with Crippen LogP contribution >= 0.6 is 23.2 Å². The van der Waals surface area contributed by atoms with Crippen molar-refractivity contribution >= 4 is 34.8 Å². The van der Waals surface area contributed by atoms with Crippen LogP contribution in [0.5, 0.6) is 0 Å². The van der Waals surface area contributed by atoms with Gasteiger partial charge in [-0.2, -0.15) is 5.10 Å². The fourth-order valence-electron chi connectivity index (χ4n) is 2.56. The first-order chi connectivity index (χ1) is 10.5. The largest absolute Gasteiger partial charge is 0.392 e. The number of anilines is 1. The number of halogens is 2. The lowest BCUT2D eigenvalue weighted by molar-refractivity contribution is -0.122. The van der Waals surface area contributed by atoms with Gasteiger partial charge in [0.1, 0.15) is 0 Å². The van der Waals surface area contributed by atoms with E-state index in [1.165, 1.54) is 17.1 Å². The van der Waals surface area contributed by atoms with Gasteiger partial charge in [-0.05, 0) is 25.3 Å². The van der Waals surface area contributed by atoms with Crippen LogP contribution in [0.4, 0.5) is 5.69 Å². The smallest absolute Gasteiger partial charge is 0.230 e. The molecule has 0 radical (unpaired) electrons. The standard InChI is InChI=1S/C14H14Cl2N4O2/c15-8-4-11(16)13(17-5-8)20-7-9(6-18-20)19-14(22)10-2-1-3-12(10)21/h4-7,10,12,21H,1-3H2,(H,19,22). The highest BCUT2D eigenvalue weighted by Crippen LogP contribution is 2.27. The summed E-state index contributed by atoms with van der Waals surface area (Å²) >= 11 is 11.9. The highest BCUT2D eigenvalue weighted by molar-refractivity contribution is 6.35. The van der Waals surface area contributed by atoms with Gasteiger partial charge < -0.3 is 10.4 Å². The fraction of sp³-hybridized carbons (Fsp3) is 0.357. The lowest BCUT2D eigenvalue weighted by Gasteiger charge is -2.13. The Bertz CT molecular complexity index is 704. The van der Waals surface area contributed by atoms with E-state index in [1.54, 1.807) is 12.3 Å². The molecule has 0 spiro atoms. The Hall–Kier alpha value is -1.63. The van der Waals surface area contributed by atoms with E-state index in [0.717, 1.165) is 6.42 Å². The van der Waals surface area contributed by atoms with E-state index >= 15 is 0 Å². The van der Waals surface area contributed by atoms with Crippen molar-refractivity contribution in [1.82, 2.24) is 14.8 Å². The quantitative estimate of drug-likeness (QED) is 0.900. The van der Waals surface area contributed by atoms with Gasteiger partial charge in [0.05, 0.1) is 40.1 Å². The topological polar surface area (TPSA) is 80.0 Å². The summed E-state index contributed by atoms with van der Waals surface area (Å²) in [5.41, 5.74) is 0.525. The summed E-state index contributed by atoms with van der Waals surface area (Å²) in [5, 5.41) is 17.4. The minimum absolute atomic E-state index is 0.195. The number of aliphatic hydroxyl groups is 1. The number of hydrogen-bond acceptors (Lipinski definition) is 4. The molecule has 1 amide bonds. The second-order valence-electron chi connectivity index (χ2n) is 5.23. The predicted octanol–water partition coefficient (Wildman–Crippen LogP) is 2.67. The zero-order chi connectivity index (χ0) is 15.7. The molecule has 0 saturated heterocycles. The number of carbonyl (C=O) groups excluding carboxylic acids is 1. The average Bonchev–Trinajstić information content (AvgIpc) is 3.08. The zero-order valence-electron chi connectivity index (χ0n) is 11.5. The Morgan fingerprint density at radius 2 is 2.18 bits per heavy atom. The molecular formula is C14H14Cl2N4O2. The van der Waals surface area contributed by atoms with Crippen LogP contribution in [-0.4, -0.2) is 31.9 Å². The van der Waals surface area contributed by atoms with E-state index in [2.05, 4.69) is 15.4 Å². The molecule has 2 unspecified atom stereocenters. The van der Waals surface area contributed by atoms with Gasteiger partial charge in [-0.25, -0.2) is 9.67 Å². The summed E-state index contributed by atoms with van der Waals surface area (Å²) in [7, 11) is 0. The Morgan fingerprint density at radius 3 is 2.86 bits per heavy atom. The summed E-state index contributed by atoms with van der Waals surface area (Å²) in [4.78, 5) is 16.2.